The van der Waals surface area contributed by atoms with E-state index in [0.29, 0.717) is 5.89 Å². The van der Waals surface area contributed by atoms with Crippen LogP contribution < -0.4 is 5.32 Å². The average Bonchev–Trinajstić information content (AvgIpc) is 2.84. The fourth-order valence-corrected chi connectivity index (χ4v) is 2.35. The van der Waals surface area contributed by atoms with Crippen molar-refractivity contribution in [3.05, 3.63) is 27.8 Å². The first-order valence-corrected chi connectivity index (χ1v) is 5.96. The third-order valence-corrected chi connectivity index (χ3v) is 3.28. The fourth-order valence-electron chi connectivity index (χ4n) is 1.44. The Morgan fingerprint density at radius 3 is 2.94 bits per heavy atom. The standard InChI is InChI=1S/C10H14N4OS/c1-7-9(16-8(2)14-7)5-11-4-3-10-12-6-13-15-10/h6,11H,3-5H2,1-2H3. The van der Waals surface area contributed by atoms with Crippen LogP contribution in [0.25, 0.3) is 0 Å². The Labute approximate surface area is 97.9 Å². The lowest BCUT2D eigenvalue weighted by Gasteiger charge is -2.00. The third kappa shape index (κ3) is 2.86. The first-order valence-electron chi connectivity index (χ1n) is 5.15. The van der Waals surface area contributed by atoms with Gasteiger partial charge in [-0.05, 0) is 13.8 Å². The highest BCUT2D eigenvalue weighted by Crippen LogP contribution is 2.16. The molecule has 0 bridgehead atoms. The van der Waals surface area contributed by atoms with Gasteiger partial charge in [-0.15, -0.1) is 11.3 Å². The van der Waals surface area contributed by atoms with Crippen molar-refractivity contribution >= 4 is 11.3 Å². The van der Waals surface area contributed by atoms with Crippen LogP contribution in [0.5, 0.6) is 0 Å². The van der Waals surface area contributed by atoms with Crippen LogP contribution >= 0.6 is 11.3 Å². The molecule has 0 aliphatic rings. The van der Waals surface area contributed by atoms with Gasteiger partial charge in [-0.25, -0.2) is 4.98 Å². The van der Waals surface area contributed by atoms with E-state index in [4.69, 9.17) is 4.52 Å². The molecule has 5 nitrogen and oxygen atoms in total. The summed E-state index contributed by atoms with van der Waals surface area (Å²) in [4.78, 5) is 9.63. The minimum Gasteiger partial charge on any atom is -0.340 e. The normalized spacial score (nSPS) is 10.9. The maximum Gasteiger partial charge on any atom is 0.227 e. The summed E-state index contributed by atoms with van der Waals surface area (Å²) in [5, 5.41) is 8.01. The van der Waals surface area contributed by atoms with Gasteiger partial charge in [-0.2, -0.15) is 4.98 Å². The molecule has 0 radical (unpaired) electrons. The zero-order valence-corrected chi connectivity index (χ0v) is 10.2. The molecule has 86 valence electrons. The molecule has 2 aromatic heterocycles. The quantitative estimate of drug-likeness (QED) is 0.799. The third-order valence-electron chi connectivity index (χ3n) is 2.21. The first kappa shape index (κ1) is 11.2. The van der Waals surface area contributed by atoms with E-state index in [9.17, 15) is 0 Å². The van der Waals surface area contributed by atoms with Crippen LogP contribution in [0.3, 0.4) is 0 Å². The van der Waals surface area contributed by atoms with E-state index in [1.807, 2.05) is 13.8 Å². The minimum atomic E-state index is 0.671. The lowest BCUT2D eigenvalue weighted by atomic mass is 10.3. The molecule has 2 aromatic rings. The summed E-state index contributed by atoms with van der Waals surface area (Å²) >= 11 is 1.74. The predicted octanol–water partition coefficient (Wildman–Crippen LogP) is 1.48. The van der Waals surface area contributed by atoms with E-state index in [0.717, 1.165) is 30.2 Å². The predicted molar refractivity (Wildman–Crippen MR) is 61.3 cm³/mol. The number of aryl methyl sites for hydroxylation is 2. The number of aromatic nitrogens is 3. The van der Waals surface area contributed by atoms with Gasteiger partial charge < -0.3 is 9.84 Å². The highest BCUT2D eigenvalue weighted by atomic mass is 32.1. The zero-order valence-electron chi connectivity index (χ0n) is 9.36. The second-order valence-corrected chi connectivity index (χ2v) is 4.79. The molecule has 0 saturated heterocycles. The fraction of sp³-hybridized carbons (Fsp3) is 0.500. The van der Waals surface area contributed by atoms with Gasteiger partial charge in [-0.3, -0.25) is 0 Å². The number of nitrogens with zero attached hydrogens (tertiary/aromatic N) is 3. The summed E-state index contributed by atoms with van der Waals surface area (Å²) in [6, 6.07) is 0. The van der Waals surface area contributed by atoms with Crippen molar-refractivity contribution in [2.45, 2.75) is 26.8 Å². The Morgan fingerprint density at radius 2 is 2.31 bits per heavy atom. The largest absolute Gasteiger partial charge is 0.340 e. The number of hydrogen-bond acceptors (Lipinski definition) is 6. The van der Waals surface area contributed by atoms with Crippen molar-refractivity contribution in [3.63, 3.8) is 0 Å². The Balaban J connectivity index is 1.74. The average molecular weight is 238 g/mol. The van der Waals surface area contributed by atoms with Crippen LogP contribution in [0.15, 0.2) is 10.9 Å². The number of hydrogen-bond donors (Lipinski definition) is 1. The summed E-state index contributed by atoms with van der Waals surface area (Å²) in [5.41, 5.74) is 1.12. The highest BCUT2D eigenvalue weighted by Gasteiger charge is 2.04. The van der Waals surface area contributed by atoms with Crippen molar-refractivity contribution in [1.82, 2.24) is 20.4 Å². The summed E-state index contributed by atoms with van der Waals surface area (Å²) in [7, 11) is 0. The molecule has 0 aliphatic carbocycles. The topological polar surface area (TPSA) is 63.8 Å². The molecule has 0 unspecified atom stereocenters. The molecule has 0 atom stereocenters. The zero-order chi connectivity index (χ0) is 11.4. The Bertz CT molecular complexity index is 438. The molecular weight excluding hydrogens is 224 g/mol. The summed E-state index contributed by atoms with van der Waals surface area (Å²) in [6.07, 6.45) is 2.18. The molecule has 6 heteroatoms. The summed E-state index contributed by atoms with van der Waals surface area (Å²) < 4.78 is 4.90. The van der Waals surface area contributed by atoms with Gasteiger partial charge in [0.25, 0.3) is 0 Å². The van der Waals surface area contributed by atoms with Gasteiger partial charge in [0.05, 0.1) is 10.7 Å². The van der Waals surface area contributed by atoms with Crippen molar-refractivity contribution in [3.8, 4) is 0 Å². The van der Waals surface area contributed by atoms with E-state index >= 15 is 0 Å². The van der Waals surface area contributed by atoms with Gasteiger partial charge in [0.15, 0.2) is 6.33 Å². The lowest BCUT2D eigenvalue weighted by Crippen LogP contribution is -2.16. The maximum atomic E-state index is 4.90. The van der Waals surface area contributed by atoms with Crippen LogP contribution in [0.2, 0.25) is 0 Å². The molecule has 0 aromatic carbocycles. The summed E-state index contributed by atoms with van der Waals surface area (Å²) in [6.45, 7) is 5.75. The van der Waals surface area contributed by atoms with Crippen molar-refractivity contribution < 1.29 is 4.52 Å². The van der Waals surface area contributed by atoms with Crippen molar-refractivity contribution in [2.24, 2.45) is 0 Å². The molecule has 2 rings (SSSR count). The van der Waals surface area contributed by atoms with Crippen LogP contribution in [0.4, 0.5) is 0 Å². The van der Waals surface area contributed by atoms with E-state index in [1.165, 1.54) is 11.2 Å². The van der Waals surface area contributed by atoms with Crippen LogP contribution in [-0.4, -0.2) is 21.7 Å². The molecule has 0 amide bonds. The second-order valence-electron chi connectivity index (χ2n) is 3.50. The van der Waals surface area contributed by atoms with Crippen molar-refractivity contribution in [2.75, 3.05) is 6.54 Å². The van der Waals surface area contributed by atoms with Gasteiger partial charge in [0, 0.05) is 24.4 Å². The van der Waals surface area contributed by atoms with E-state index in [1.54, 1.807) is 11.3 Å². The van der Waals surface area contributed by atoms with E-state index < -0.39 is 0 Å². The monoisotopic (exact) mass is 238 g/mol. The maximum absolute atomic E-state index is 4.90. The molecule has 0 aliphatic heterocycles. The van der Waals surface area contributed by atoms with Crippen LogP contribution in [0, 0.1) is 13.8 Å². The highest BCUT2D eigenvalue weighted by molar-refractivity contribution is 7.11. The Kier molecular flexibility index (Phi) is 3.63. The van der Waals surface area contributed by atoms with Crippen LogP contribution in [0.1, 0.15) is 21.5 Å². The van der Waals surface area contributed by atoms with Crippen LogP contribution in [-0.2, 0) is 13.0 Å². The van der Waals surface area contributed by atoms with E-state index in [-0.39, 0.29) is 0 Å². The summed E-state index contributed by atoms with van der Waals surface area (Å²) in [5.74, 6) is 0.671. The second kappa shape index (κ2) is 5.18. The molecular formula is C10H14N4OS. The molecule has 2 heterocycles. The van der Waals surface area contributed by atoms with E-state index in [2.05, 4.69) is 20.4 Å². The van der Waals surface area contributed by atoms with Crippen molar-refractivity contribution in [1.29, 1.82) is 0 Å². The Hall–Kier alpha value is -1.27. The first-order chi connectivity index (χ1) is 7.75. The number of rotatable bonds is 5. The number of thiazole rings is 1. The van der Waals surface area contributed by atoms with Gasteiger partial charge in [0.1, 0.15) is 0 Å². The minimum absolute atomic E-state index is 0.671. The van der Waals surface area contributed by atoms with Gasteiger partial charge >= 0.3 is 0 Å². The molecule has 0 saturated carbocycles. The SMILES string of the molecule is Cc1nc(C)c(CNCCc2ncno2)s1. The number of nitrogens with one attached hydrogen (secondary N) is 1. The smallest absolute Gasteiger partial charge is 0.227 e. The Morgan fingerprint density at radius 1 is 1.44 bits per heavy atom. The molecule has 16 heavy (non-hydrogen) atoms. The molecule has 0 fully saturated rings. The van der Waals surface area contributed by atoms with Gasteiger partial charge in [-0.1, -0.05) is 5.16 Å². The molecule has 0 spiro atoms. The van der Waals surface area contributed by atoms with Gasteiger partial charge in [0.2, 0.25) is 5.89 Å². The lowest BCUT2D eigenvalue weighted by molar-refractivity contribution is 0.375. The molecule has 1 N–H and O–H groups in total.